The first kappa shape index (κ1) is 16.1. The number of nitrogens with one attached hydrogen (secondary N) is 1. The summed E-state index contributed by atoms with van der Waals surface area (Å²) in [4.78, 5) is 25.2. The van der Waals surface area contributed by atoms with Crippen LogP contribution in [0.3, 0.4) is 0 Å². The quantitative estimate of drug-likeness (QED) is 0.734. The summed E-state index contributed by atoms with van der Waals surface area (Å²) >= 11 is 0. The summed E-state index contributed by atoms with van der Waals surface area (Å²) in [5.74, 6) is -0.410. The highest BCUT2D eigenvalue weighted by atomic mass is 16.5. The molecule has 1 aromatic heterocycles. The van der Waals surface area contributed by atoms with Crippen LogP contribution in [0.5, 0.6) is 0 Å². The largest absolute Gasteiger partial charge is 0.464 e. The molecule has 0 aliphatic rings. The van der Waals surface area contributed by atoms with Gasteiger partial charge in [-0.2, -0.15) is 0 Å². The molecule has 3 rings (SSSR count). The second-order valence-corrected chi connectivity index (χ2v) is 5.74. The smallest absolute Gasteiger partial charge is 0.331 e. The van der Waals surface area contributed by atoms with Crippen molar-refractivity contribution in [3.63, 3.8) is 0 Å². The summed E-state index contributed by atoms with van der Waals surface area (Å²) in [6.07, 6.45) is 0.394. The normalized spacial score (nSPS) is 12.2. The van der Waals surface area contributed by atoms with Gasteiger partial charge in [0.2, 0.25) is 0 Å². The van der Waals surface area contributed by atoms with E-state index in [0.717, 1.165) is 16.6 Å². The molecule has 0 saturated heterocycles. The highest BCUT2D eigenvalue weighted by Crippen LogP contribution is 2.18. The van der Waals surface area contributed by atoms with Gasteiger partial charge < -0.3 is 4.74 Å². The number of carbonyl (C=O) groups excluding carboxylic acids is 1. The first-order valence-corrected chi connectivity index (χ1v) is 8.02. The van der Waals surface area contributed by atoms with Crippen LogP contribution in [0, 0.1) is 6.92 Å². The van der Waals surface area contributed by atoms with Crippen LogP contribution in [0.15, 0.2) is 53.3 Å². The molecule has 0 radical (unpaired) electrons. The van der Waals surface area contributed by atoms with Crippen molar-refractivity contribution in [2.24, 2.45) is 0 Å². The minimum absolute atomic E-state index is 0.206. The molecule has 5 heteroatoms. The van der Waals surface area contributed by atoms with Gasteiger partial charge in [0.15, 0.2) is 6.04 Å². The van der Waals surface area contributed by atoms with Crippen LogP contribution in [-0.4, -0.2) is 22.4 Å². The number of aryl methyl sites for hydroxylation is 1. The van der Waals surface area contributed by atoms with Crippen molar-refractivity contribution in [3.05, 3.63) is 70.0 Å². The molecule has 2 aromatic carbocycles. The molecule has 0 fully saturated rings. The fraction of sp³-hybridized carbons (Fsp3) is 0.263. The lowest BCUT2D eigenvalue weighted by Gasteiger charge is -2.16. The zero-order valence-corrected chi connectivity index (χ0v) is 13.8. The molecule has 1 heterocycles. The molecule has 0 aliphatic heterocycles. The maximum Gasteiger partial charge on any atom is 0.331 e. The molecule has 0 saturated carbocycles. The third-order valence-corrected chi connectivity index (χ3v) is 4.10. The SMILES string of the molecule is CCOC(=O)C(Cc1ccccc1)n1[nH]c2c(C)cccc2c1=O. The standard InChI is InChI=1S/C19H20N2O3/c1-3-24-19(23)16(12-14-9-5-4-6-10-14)21-18(22)15-11-7-8-13(2)17(15)20-21/h4-11,16,20H,3,12H2,1-2H3. The molecule has 124 valence electrons. The van der Waals surface area contributed by atoms with Gasteiger partial charge in [-0.1, -0.05) is 42.5 Å². The van der Waals surface area contributed by atoms with E-state index in [0.29, 0.717) is 11.8 Å². The topological polar surface area (TPSA) is 64.1 Å². The second kappa shape index (κ2) is 6.74. The van der Waals surface area contributed by atoms with Crippen molar-refractivity contribution in [3.8, 4) is 0 Å². The van der Waals surface area contributed by atoms with Crippen molar-refractivity contribution in [2.75, 3.05) is 6.61 Å². The van der Waals surface area contributed by atoms with Crippen molar-refractivity contribution in [1.82, 2.24) is 9.78 Å². The minimum atomic E-state index is -0.716. The van der Waals surface area contributed by atoms with Crippen LogP contribution in [0.2, 0.25) is 0 Å². The van der Waals surface area contributed by atoms with E-state index in [1.165, 1.54) is 4.68 Å². The molecule has 0 amide bonds. The number of aromatic amines is 1. The number of para-hydroxylation sites is 1. The van der Waals surface area contributed by atoms with Crippen LogP contribution in [0.4, 0.5) is 0 Å². The Hall–Kier alpha value is -2.82. The third-order valence-electron chi connectivity index (χ3n) is 4.10. The lowest BCUT2D eigenvalue weighted by molar-refractivity contribution is -0.147. The zero-order valence-electron chi connectivity index (χ0n) is 13.8. The number of nitrogens with zero attached hydrogens (tertiary/aromatic N) is 1. The number of hydrogen-bond donors (Lipinski definition) is 1. The summed E-state index contributed by atoms with van der Waals surface area (Å²) < 4.78 is 6.58. The fourth-order valence-electron chi connectivity index (χ4n) is 2.87. The van der Waals surface area contributed by atoms with Gasteiger partial charge in [0.05, 0.1) is 17.5 Å². The summed E-state index contributed by atoms with van der Waals surface area (Å²) in [6, 6.07) is 14.4. The summed E-state index contributed by atoms with van der Waals surface area (Å²) in [5, 5.41) is 3.68. The Morgan fingerprint density at radius 3 is 2.58 bits per heavy atom. The molecule has 1 N–H and O–H groups in total. The Morgan fingerprint density at radius 2 is 1.92 bits per heavy atom. The van der Waals surface area contributed by atoms with E-state index < -0.39 is 12.0 Å². The summed E-state index contributed by atoms with van der Waals surface area (Å²) in [5.41, 5.74) is 2.48. The first-order chi connectivity index (χ1) is 11.6. The van der Waals surface area contributed by atoms with E-state index >= 15 is 0 Å². The molecular formula is C19H20N2O3. The third kappa shape index (κ3) is 2.97. The average Bonchev–Trinajstić information content (AvgIpc) is 2.92. The maximum absolute atomic E-state index is 12.7. The van der Waals surface area contributed by atoms with Gasteiger partial charge in [-0.25, -0.2) is 9.48 Å². The predicted molar refractivity (Wildman–Crippen MR) is 93.1 cm³/mol. The number of carbonyl (C=O) groups is 1. The van der Waals surface area contributed by atoms with Crippen LogP contribution >= 0.6 is 0 Å². The van der Waals surface area contributed by atoms with E-state index in [2.05, 4.69) is 5.10 Å². The van der Waals surface area contributed by atoms with Gasteiger partial charge in [-0.05, 0) is 31.0 Å². The Labute approximate surface area is 139 Å². The van der Waals surface area contributed by atoms with E-state index in [9.17, 15) is 9.59 Å². The average molecular weight is 324 g/mol. The monoisotopic (exact) mass is 324 g/mol. The molecule has 0 spiro atoms. The van der Waals surface area contributed by atoms with Gasteiger partial charge in [0.25, 0.3) is 5.56 Å². The van der Waals surface area contributed by atoms with Crippen molar-refractivity contribution < 1.29 is 9.53 Å². The highest BCUT2D eigenvalue weighted by Gasteiger charge is 2.25. The van der Waals surface area contributed by atoms with Gasteiger partial charge >= 0.3 is 5.97 Å². The molecule has 0 bridgehead atoms. The Bertz CT molecular complexity index is 909. The van der Waals surface area contributed by atoms with Gasteiger partial charge in [-0.3, -0.25) is 9.89 Å². The maximum atomic E-state index is 12.7. The number of ether oxygens (including phenoxy) is 1. The molecule has 0 aliphatic carbocycles. The van der Waals surface area contributed by atoms with Crippen molar-refractivity contribution >= 4 is 16.9 Å². The number of aromatic nitrogens is 2. The number of H-pyrrole nitrogens is 1. The Balaban J connectivity index is 2.08. The highest BCUT2D eigenvalue weighted by molar-refractivity contribution is 5.82. The van der Waals surface area contributed by atoms with Crippen LogP contribution in [0.25, 0.3) is 10.9 Å². The lowest BCUT2D eigenvalue weighted by atomic mass is 10.1. The van der Waals surface area contributed by atoms with Crippen LogP contribution < -0.4 is 5.56 Å². The second-order valence-electron chi connectivity index (χ2n) is 5.74. The Morgan fingerprint density at radius 1 is 1.17 bits per heavy atom. The molecule has 1 unspecified atom stereocenters. The van der Waals surface area contributed by atoms with Gasteiger partial charge in [0.1, 0.15) is 0 Å². The van der Waals surface area contributed by atoms with Crippen molar-refractivity contribution in [1.29, 1.82) is 0 Å². The summed E-state index contributed by atoms with van der Waals surface area (Å²) in [7, 11) is 0. The van der Waals surface area contributed by atoms with E-state index in [-0.39, 0.29) is 12.2 Å². The van der Waals surface area contributed by atoms with E-state index in [1.54, 1.807) is 13.0 Å². The number of rotatable bonds is 5. The predicted octanol–water partition coefficient (Wildman–Crippen LogP) is 2.98. The van der Waals surface area contributed by atoms with Gasteiger partial charge in [0, 0.05) is 6.42 Å². The lowest BCUT2D eigenvalue weighted by Crippen LogP contribution is -2.31. The fourth-order valence-corrected chi connectivity index (χ4v) is 2.87. The van der Waals surface area contributed by atoms with Crippen molar-refractivity contribution in [2.45, 2.75) is 26.3 Å². The van der Waals surface area contributed by atoms with E-state index in [4.69, 9.17) is 4.74 Å². The van der Waals surface area contributed by atoms with Gasteiger partial charge in [-0.15, -0.1) is 0 Å². The molecule has 5 nitrogen and oxygen atoms in total. The van der Waals surface area contributed by atoms with E-state index in [1.807, 2.05) is 49.4 Å². The number of hydrogen-bond acceptors (Lipinski definition) is 3. The van der Waals surface area contributed by atoms with Crippen LogP contribution in [0.1, 0.15) is 24.1 Å². The molecule has 1 atom stereocenters. The number of benzene rings is 2. The zero-order chi connectivity index (χ0) is 17.1. The number of esters is 1. The molecule has 24 heavy (non-hydrogen) atoms. The first-order valence-electron chi connectivity index (χ1n) is 8.02. The summed E-state index contributed by atoms with van der Waals surface area (Å²) in [6.45, 7) is 3.97. The minimum Gasteiger partial charge on any atom is -0.464 e. The Kier molecular flexibility index (Phi) is 4.51. The number of fused-ring (bicyclic) bond motifs is 1. The molecule has 3 aromatic rings. The molecular weight excluding hydrogens is 304 g/mol. The van der Waals surface area contributed by atoms with Crippen LogP contribution in [-0.2, 0) is 16.0 Å².